The summed E-state index contributed by atoms with van der Waals surface area (Å²) in [5.41, 5.74) is 0. The fourth-order valence-corrected chi connectivity index (χ4v) is 3.13. The first-order valence-corrected chi connectivity index (χ1v) is 9.81. The summed E-state index contributed by atoms with van der Waals surface area (Å²) in [4.78, 5) is 9.91. The summed E-state index contributed by atoms with van der Waals surface area (Å²) in [6.07, 6.45) is 3.65. The van der Waals surface area contributed by atoms with E-state index >= 15 is 0 Å². The molecule has 1 heterocycles. The molecule has 0 aliphatic rings. The zero-order chi connectivity index (χ0) is 15.9. The highest BCUT2D eigenvalue weighted by Crippen LogP contribution is 2.11. The third-order valence-electron chi connectivity index (χ3n) is 2.69. The van der Waals surface area contributed by atoms with Crippen molar-refractivity contribution in [1.29, 1.82) is 0 Å². The monoisotopic (exact) mass is 460 g/mol. The minimum Gasteiger partial charge on any atom is -0.357 e. The van der Waals surface area contributed by atoms with Crippen molar-refractivity contribution in [3.63, 3.8) is 0 Å². The van der Waals surface area contributed by atoms with Gasteiger partial charge in [-0.2, -0.15) is 0 Å². The first kappa shape index (κ1) is 21.6. The van der Waals surface area contributed by atoms with E-state index < -0.39 is 9.84 Å². The molecule has 22 heavy (non-hydrogen) atoms. The molecule has 0 saturated heterocycles. The van der Waals surface area contributed by atoms with Crippen LogP contribution in [0.1, 0.15) is 30.2 Å². The number of thiazole rings is 1. The van der Waals surface area contributed by atoms with E-state index in [0.717, 1.165) is 11.6 Å². The second-order valence-corrected chi connectivity index (χ2v) is 8.60. The smallest absolute Gasteiger partial charge is 0.191 e. The van der Waals surface area contributed by atoms with Gasteiger partial charge in [0.15, 0.2) is 5.96 Å². The Balaban J connectivity index is 0.00000441. The second kappa shape index (κ2) is 10.4. The molecule has 0 radical (unpaired) electrons. The molecule has 1 aromatic heterocycles. The molecule has 1 rings (SSSR count). The summed E-state index contributed by atoms with van der Waals surface area (Å²) in [6.45, 7) is 7.23. The van der Waals surface area contributed by atoms with Crippen molar-refractivity contribution in [3.8, 4) is 0 Å². The number of aliphatic imine (C=N–C) groups is 1. The fraction of sp³-hybridized carbons (Fsp3) is 0.692. The van der Waals surface area contributed by atoms with E-state index in [9.17, 15) is 8.42 Å². The first-order valence-electron chi connectivity index (χ1n) is 6.94. The van der Waals surface area contributed by atoms with Crippen LogP contribution in [0.2, 0.25) is 0 Å². The van der Waals surface area contributed by atoms with E-state index in [1.54, 1.807) is 11.3 Å². The summed E-state index contributed by atoms with van der Waals surface area (Å²) in [7, 11) is -2.93. The average molecular weight is 460 g/mol. The molecule has 1 atom stereocenters. The van der Waals surface area contributed by atoms with Gasteiger partial charge in [0.1, 0.15) is 14.8 Å². The number of nitrogens with zero attached hydrogens (tertiary/aromatic N) is 2. The molecule has 9 heteroatoms. The van der Waals surface area contributed by atoms with Crippen molar-refractivity contribution in [2.24, 2.45) is 4.99 Å². The number of halogens is 1. The minimum atomic E-state index is -2.93. The number of hydrogen-bond donors (Lipinski definition) is 2. The Bertz CT molecular complexity index is 572. The number of nitrogens with one attached hydrogen (secondary N) is 2. The van der Waals surface area contributed by atoms with Gasteiger partial charge in [0.05, 0.1) is 12.3 Å². The van der Waals surface area contributed by atoms with Crippen molar-refractivity contribution in [2.45, 2.75) is 39.8 Å². The lowest BCUT2D eigenvalue weighted by atomic mass is 10.3. The molecular weight excluding hydrogens is 435 g/mol. The summed E-state index contributed by atoms with van der Waals surface area (Å²) in [5.74, 6) is 0.859. The number of sulfone groups is 1. The molecule has 0 bridgehead atoms. The predicted molar refractivity (Wildman–Crippen MR) is 104 cm³/mol. The number of hydrogen-bond acceptors (Lipinski definition) is 5. The fourth-order valence-electron chi connectivity index (χ4n) is 1.64. The summed E-state index contributed by atoms with van der Waals surface area (Å²) < 4.78 is 22.4. The summed E-state index contributed by atoms with van der Waals surface area (Å²) >= 11 is 1.63. The lowest BCUT2D eigenvalue weighted by Gasteiger charge is -2.17. The van der Waals surface area contributed by atoms with Gasteiger partial charge in [-0.15, -0.1) is 35.3 Å². The van der Waals surface area contributed by atoms with Gasteiger partial charge in [0.2, 0.25) is 0 Å². The van der Waals surface area contributed by atoms with Crippen molar-refractivity contribution in [2.75, 3.05) is 18.6 Å². The Morgan fingerprint density at radius 2 is 2.18 bits per heavy atom. The summed E-state index contributed by atoms with van der Waals surface area (Å²) in [6, 6.07) is 0.0376. The second-order valence-electron chi connectivity index (χ2n) is 5.02. The molecule has 0 aliphatic carbocycles. The number of guanidine groups is 1. The number of aryl methyl sites for hydroxylation is 1. The van der Waals surface area contributed by atoms with Crippen LogP contribution < -0.4 is 10.6 Å². The van der Waals surface area contributed by atoms with Gasteiger partial charge in [0.25, 0.3) is 0 Å². The van der Waals surface area contributed by atoms with Crippen LogP contribution in [0, 0.1) is 6.92 Å². The molecule has 6 nitrogen and oxygen atoms in total. The maximum Gasteiger partial charge on any atom is 0.191 e. The molecular formula is C13H25IN4O2S2. The molecule has 0 spiro atoms. The Hall–Kier alpha value is -0.420. The highest BCUT2D eigenvalue weighted by atomic mass is 127. The van der Waals surface area contributed by atoms with Crippen LogP contribution in [0.5, 0.6) is 0 Å². The Labute approximate surface area is 154 Å². The van der Waals surface area contributed by atoms with Gasteiger partial charge in [-0.1, -0.05) is 0 Å². The molecule has 128 valence electrons. The van der Waals surface area contributed by atoms with Crippen LogP contribution in [-0.2, 0) is 16.4 Å². The molecule has 2 N–H and O–H groups in total. The first-order chi connectivity index (χ1) is 9.80. The standard InChI is InChI=1S/C13H24N4O2S2.HI/c1-5-14-13(16-9-12-15-8-11(3)20-12)17-10(2)6-7-21(4,18)19;/h8,10H,5-7,9H2,1-4H3,(H2,14,16,17);1H. The van der Waals surface area contributed by atoms with Crippen LogP contribution in [-0.4, -0.2) is 44.0 Å². The predicted octanol–water partition coefficient (Wildman–Crippen LogP) is 1.95. The molecule has 0 amide bonds. The van der Waals surface area contributed by atoms with Crippen LogP contribution >= 0.6 is 35.3 Å². The third-order valence-corrected chi connectivity index (χ3v) is 4.57. The average Bonchev–Trinajstić information content (AvgIpc) is 2.79. The highest BCUT2D eigenvalue weighted by Gasteiger charge is 2.09. The topological polar surface area (TPSA) is 83.4 Å². The quantitative estimate of drug-likeness (QED) is 0.369. The van der Waals surface area contributed by atoms with Gasteiger partial charge in [-0.05, 0) is 27.2 Å². The molecule has 0 aromatic carbocycles. The minimum absolute atomic E-state index is 0. The highest BCUT2D eigenvalue weighted by molar-refractivity contribution is 14.0. The van der Waals surface area contributed by atoms with Crippen molar-refractivity contribution in [3.05, 3.63) is 16.1 Å². The molecule has 1 unspecified atom stereocenters. The van der Waals surface area contributed by atoms with E-state index in [1.807, 2.05) is 27.0 Å². The molecule has 1 aromatic rings. The maximum atomic E-state index is 11.2. The Morgan fingerprint density at radius 1 is 1.50 bits per heavy atom. The Kier molecular flexibility index (Phi) is 10.2. The van der Waals surface area contributed by atoms with Crippen LogP contribution in [0.3, 0.4) is 0 Å². The van der Waals surface area contributed by atoms with Gasteiger partial charge in [-0.3, -0.25) is 0 Å². The number of rotatable bonds is 7. The summed E-state index contributed by atoms with van der Waals surface area (Å²) in [5, 5.41) is 7.34. The van der Waals surface area contributed by atoms with E-state index in [0.29, 0.717) is 18.9 Å². The largest absolute Gasteiger partial charge is 0.357 e. The maximum absolute atomic E-state index is 11.2. The lowest BCUT2D eigenvalue weighted by Crippen LogP contribution is -2.42. The van der Waals surface area contributed by atoms with E-state index in [1.165, 1.54) is 11.1 Å². The van der Waals surface area contributed by atoms with Crippen molar-refractivity contribution in [1.82, 2.24) is 15.6 Å². The molecule has 0 fully saturated rings. The van der Waals surface area contributed by atoms with Crippen LogP contribution in [0.4, 0.5) is 0 Å². The zero-order valence-electron chi connectivity index (χ0n) is 13.4. The normalized spacial score (nSPS) is 13.4. The van der Waals surface area contributed by atoms with Gasteiger partial charge in [0, 0.05) is 29.9 Å². The van der Waals surface area contributed by atoms with Crippen molar-refractivity contribution >= 4 is 51.1 Å². The zero-order valence-corrected chi connectivity index (χ0v) is 17.4. The van der Waals surface area contributed by atoms with E-state index in [2.05, 4.69) is 20.6 Å². The molecule has 0 saturated carbocycles. The van der Waals surface area contributed by atoms with Gasteiger partial charge >= 0.3 is 0 Å². The number of aromatic nitrogens is 1. The Morgan fingerprint density at radius 3 is 2.68 bits per heavy atom. The van der Waals surface area contributed by atoms with E-state index in [4.69, 9.17) is 0 Å². The van der Waals surface area contributed by atoms with E-state index in [-0.39, 0.29) is 35.8 Å². The van der Waals surface area contributed by atoms with Crippen LogP contribution in [0.15, 0.2) is 11.2 Å². The van der Waals surface area contributed by atoms with Gasteiger partial charge in [-0.25, -0.2) is 18.4 Å². The lowest BCUT2D eigenvalue weighted by molar-refractivity contribution is 0.581. The SMILES string of the molecule is CCNC(=NCc1ncc(C)s1)NC(C)CCS(C)(=O)=O.I. The molecule has 0 aliphatic heterocycles. The van der Waals surface area contributed by atoms with Crippen molar-refractivity contribution < 1.29 is 8.42 Å². The third kappa shape index (κ3) is 9.57. The van der Waals surface area contributed by atoms with Gasteiger partial charge < -0.3 is 10.6 Å². The van der Waals surface area contributed by atoms with Crippen LogP contribution in [0.25, 0.3) is 0 Å².